The molecule has 1 saturated carbocycles. The van der Waals surface area contributed by atoms with Gasteiger partial charge in [-0.2, -0.15) is 0 Å². The fourth-order valence-electron chi connectivity index (χ4n) is 3.36. The van der Waals surface area contributed by atoms with Gasteiger partial charge in [0.25, 0.3) is 0 Å². The van der Waals surface area contributed by atoms with Crippen LogP contribution in [0.3, 0.4) is 0 Å². The zero-order valence-electron chi connectivity index (χ0n) is 12.9. The lowest BCUT2D eigenvalue weighted by Crippen LogP contribution is -2.07. The lowest BCUT2D eigenvalue weighted by atomic mass is 9.84. The summed E-state index contributed by atoms with van der Waals surface area (Å²) < 4.78 is 0. The van der Waals surface area contributed by atoms with Gasteiger partial charge in [-0.15, -0.1) is 0 Å². The van der Waals surface area contributed by atoms with Crippen molar-refractivity contribution in [3.05, 3.63) is 65.7 Å². The Morgan fingerprint density at radius 3 is 2.19 bits per heavy atom. The summed E-state index contributed by atoms with van der Waals surface area (Å²) in [4.78, 5) is 0. The first-order chi connectivity index (χ1) is 10.3. The Morgan fingerprint density at radius 2 is 1.52 bits per heavy atom. The molecule has 1 N–H and O–H groups in total. The van der Waals surface area contributed by atoms with Gasteiger partial charge in [0.15, 0.2) is 0 Å². The summed E-state index contributed by atoms with van der Waals surface area (Å²) in [6, 6.07) is 20.1. The van der Waals surface area contributed by atoms with E-state index in [0.717, 1.165) is 5.92 Å². The third kappa shape index (κ3) is 3.66. The number of anilines is 1. The van der Waals surface area contributed by atoms with Crippen LogP contribution in [0.25, 0.3) is 0 Å². The zero-order valence-corrected chi connectivity index (χ0v) is 12.9. The van der Waals surface area contributed by atoms with E-state index in [0.29, 0.717) is 6.04 Å². The molecule has 110 valence electrons. The molecule has 2 aromatic rings. The highest BCUT2D eigenvalue weighted by Gasteiger charge is 2.15. The van der Waals surface area contributed by atoms with Gasteiger partial charge < -0.3 is 5.32 Å². The average Bonchev–Trinajstić information content (AvgIpc) is 2.57. The maximum Gasteiger partial charge on any atom is 0.0485 e. The van der Waals surface area contributed by atoms with Crippen LogP contribution in [0.2, 0.25) is 0 Å². The first kappa shape index (κ1) is 14.2. The van der Waals surface area contributed by atoms with E-state index >= 15 is 0 Å². The number of hydrogen-bond acceptors (Lipinski definition) is 1. The molecule has 1 aliphatic carbocycles. The van der Waals surface area contributed by atoms with E-state index in [4.69, 9.17) is 0 Å². The molecular weight excluding hydrogens is 254 g/mol. The first-order valence-electron chi connectivity index (χ1n) is 8.24. The molecule has 1 heteroatoms. The molecular formula is C20H25N. The number of nitrogens with one attached hydrogen (secondary N) is 1. The zero-order chi connectivity index (χ0) is 14.5. The van der Waals surface area contributed by atoms with Gasteiger partial charge in [-0.05, 0) is 48.9 Å². The molecule has 21 heavy (non-hydrogen) atoms. The van der Waals surface area contributed by atoms with Crippen LogP contribution in [0.1, 0.15) is 62.1 Å². The lowest BCUT2D eigenvalue weighted by molar-refractivity contribution is 0.443. The quantitative estimate of drug-likeness (QED) is 0.734. The number of hydrogen-bond donors (Lipinski definition) is 1. The van der Waals surface area contributed by atoms with Crippen LogP contribution >= 0.6 is 0 Å². The van der Waals surface area contributed by atoms with Crippen molar-refractivity contribution in [2.75, 3.05) is 5.32 Å². The largest absolute Gasteiger partial charge is 0.379 e. The van der Waals surface area contributed by atoms with Crippen molar-refractivity contribution in [1.29, 1.82) is 0 Å². The van der Waals surface area contributed by atoms with Gasteiger partial charge in [0.05, 0.1) is 0 Å². The summed E-state index contributed by atoms with van der Waals surface area (Å²) in [7, 11) is 0. The Hall–Kier alpha value is -1.76. The molecule has 1 atom stereocenters. The lowest BCUT2D eigenvalue weighted by Gasteiger charge is -2.22. The summed E-state index contributed by atoms with van der Waals surface area (Å²) in [5.41, 5.74) is 4.06. The summed E-state index contributed by atoms with van der Waals surface area (Å²) in [6.07, 6.45) is 6.95. The second kappa shape index (κ2) is 6.80. The molecule has 0 heterocycles. The van der Waals surface area contributed by atoms with Crippen LogP contribution in [0.15, 0.2) is 54.6 Å². The minimum absolute atomic E-state index is 0.340. The highest BCUT2D eigenvalue weighted by atomic mass is 14.9. The van der Waals surface area contributed by atoms with Crippen LogP contribution in [0.5, 0.6) is 0 Å². The van der Waals surface area contributed by atoms with Gasteiger partial charge in [-0.1, -0.05) is 61.7 Å². The van der Waals surface area contributed by atoms with Crippen LogP contribution in [0.4, 0.5) is 5.69 Å². The van der Waals surface area contributed by atoms with Crippen molar-refractivity contribution < 1.29 is 0 Å². The maximum absolute atomic E-state index is 3.59. The number of rotatable bonds is 4. The van der Waals surface area contributed by atoms with Gasteiger partial charge in [-0.25, -0.2) is 0 Å². The van der Waals surface area contributed by atoms with Crippen LogP contribution in [-0.4, -0.2) is 0 Å². The molecule has 1 nitrogen and oxygen atoms in total. The van der Waals surface area contributed by atoms with E-state index in [2.05, 4.69) is 66.8 Å². The third-order valence-corrected chi connectivity index (χ3v) is 4.67. The minimum Gasteiger partial charge on any atom is -0.379 e. The topological polar surface area (TPSA) is 12.0 Å². The minimum atomic E-state index is 0.340. The summed E-state index contributed by atoms with van der Waals surface area (Å²) in [6.45, 7) is 2.21. The fraction of sp³-hybridized carbons (Fsp3) is 0.400. The van der Waals surface area contributed by atoms with Crippen LogP contribution in [0, 0.1) is 0 Å². The molecule has 2 aromatic carbocycles. The smallest absolute Gasteiger partial charge is 0.0485 e. The Labute approximate surface area is 128 Å². The standard InChI is InChI=1S/C20H25N/c1-16(17-8-4-2-5-9-17)21-20-14-12-19(13-15-20)18-10-6-3-7-11-18/h2,4-5,8-9,12-16,18,21H,3,6-7,10-11H2,1H3. The second-order valence-corrected chi connectivity index (χ2v) is 6.23. The van der Waals surface area contributed by atoms with E-state index < -0.39 is 0 Å². The molecule has 3 rings (SSSR count). The van der Waals surface area contributed by atoms with E-state index in [1.807, 2.05) is 0 Å². The monoisotopic (exact) mass is 279 g/mol. The molecule has 0 bridgehead atoms. The molecule has 0 saturated heterocycles. The molecule has 0 radical (unpaired) electrons. The molecule has 1 fully saturated rings. The first-order valence-corrected chi connectivity index (χ1v) is 8.24. The molecule has 0 amide bonds. The Bertz CT molecular complexity index is 538. The van der Waals surface area contributed by atoms with Gasteiger partial charge in [0.2, 0.25) is 0 Å². The highest BCUT2D eigenvalue weighted by molar-refractivity contribution is 5.47. The van der Waals surface area contributed by atoms with Crippen LogP contribution in [-0.2, 0) is 0 Å². The fourth-order valence-corrected chi connectivity index (χ4v) is 3.36. The highest BCUT2D eigenvalue weighted by Crippen LogP contribution is 2.33. The van der Waals surface area contributed by atoms with Gasteiger partial charge in [-0.3, -0.25) is 0 Å². The van der Waals surface area contributed by atoms with E-state index in [-0.39, 0.29) is 0 Å². The van der Waals surface area contributed by atoms with E-state index in [9.17, 15) is 0 Å². The maximum atomic E-state index is 3.59. The normalized spacial score (nSPS) is 17.4. The van der Waals surface area contributed by atoms with E-state index in [1.54, 1.807) is 0 Å². The Balaban J connectivity index is 1.64. The average molecular weight is 279 g/mol. The van der Waals surface area contributed by atoms with Crippen molar-refractivity contribution in [1.82, 2.24) is 0 Å². The van der Waals surface area contributed by atoms with Crippen LogP contribution < -0.4 is 5.32 Å². The van der Waals surface area contributed by atoms with Crippen molar-refractivity contribution in [3.8, 4) is 0 Å². The molecule has 0 spiro atoms. The Morgan fingerprint density at radius 1 is 0.857 bits per heavy atom. The number of benzene rings is 2. The predicted octanol–water partition coefficient (Wildman–Crippen LogP) is 5.91. The molecule has 0 aliphatic heterocycles. The molecule has 1 aliphatic rings. The van der Waals surface area contributed by atoms with Gasteiger partial charge in [0, 0.05) is 11.7 Å². The summed E-state index contributed by atoms with van der Waals surface area (Å²) in [5.74, 6) is 0.791. The van der Waals surface area contributed by atoms with Crippen molar-refractivity contribution in [2.24, 2.45) is 0 Å². The SMILES string of the molecule is CC(Nc1ccc(C2CCCCC2)cc1)c1ccccc1. The van der Waals surface area contributed by atoms with E-state index in [1.165, 1.54) is 48.9 Å². The molecule has 0 aromatic heterocycles. The third-order valence-electron chi connectivity index (χ3n) is 4.67. The van der Waals surface area contributed by atoms with Gasteiger partial charge in [0.1, 0.15) is 0 Å². The summed E-state index contributed by atoms with van der Waals surface area (Å²) >= 11 is 0. The van der Waals surface area contributed by atoms with Crippen molar-refractivity contribution in [3.63, 3.8) is 0 Å². The van der Waals surface area contributed by atoms with Gasteiger partial charge >= 0.3 is 0 Å². The predicted molar refractivity (Wildman–Crippen MR) is 90.7 cm³/mol. The summed E-state index contributed by atoms with van der Waals surface area (Å²) in [5, 5.41) is 3.59. The van der Waals surface area contributed by atoms with Crippen molar-refractivity contribution >= 4 is 5.69 Å². The van der Waals surface area contributed by atoms with Crippen molar-refractivity contribution in [2.45, 2.75) is 51.0 Å². The second-order valence-electron chi connectivity index (χ2n) is 6.23. The Kier molecular flexibility index (Phi) is 4.59. The molecule has 1 unspecified atom stereocenters.